The lowest BCUT2D eigenvalue weighted by Crippen LogP contribution is -2.52. The Bertz CT molecular complexity index is 324. The minimum Gasteiger partial charge on any atom is -0.449 e. The molecule has 0 aliphatic heterocycles. The van der Waals surface area contributed by atoms with Crippen LogP contribution in [-0.4, -0.2) is 47.7 Å². The zero-order valence-electron chi connectivity index (χ0n) is 11.0. The van der Waals surface area contributed by atoms with E-state index in [0.717, 1.165) is 6.42 Å². The zero-order chi connectivity index (χ0) is 14.0. The minimum absolute atomic E-state index is 0.00891. The topological polar surface area (TPSA) is 76.0 Å². The Morgan fingerprint density at radius 2 is 2.00 bits per heavy atom. The van der Waals surface area contributed by atoms with Crippen molar-refractivity contribution in [2.45, 2.75) is 44.0 Å². The number of carbonyl (C=O) groups is 1. The van der Waals surface area contributed by atoms with E-state index in [9.17, 15) is 15.0 Å². The van der Waals surface area contributed by atoms with Gasteiger partial charge in [-0.15, -0.1) is 0 Å². The van der Waals surface area contributed by atoms with Gasteiger partial charge in [0.1, 0.15) is 0 Å². The van der Waals surface area contributed by atoms with Crippen LogP contribution in [0, 0.1) is 17.8 Å². The Morgan fingerprint density at radius 3 is 2.63 bits per heavy atom. The maximum atomic E-state index is 12.0. The number of fused-ring (bicyclic) bond motifs is 1. The van der Waals surface area contributed by atoms with Crippen molar-refractivity contribution in [1.29, 1.82) is 0 Å². The number of rotatable bonds is 3. The lowest BCUT2D eigenvalue weighted by atomic mass is 9.62. The Labute approximate surface area is 117 Å². The number of methoxy groups -OCH3 is 1. The van der Waals surface area contributed by atoms with Gasteiger partial charge in [0, 0.05) is 7.11 Å². The van der Waals surface area contributed by atoms with E-state index >= 15 is 0 Å². The fourth-order valence-corrected chi connectivity index (χ4v) is 3.81. The van der Waals surface area contributed by atoms with Gasteiger partial charge in [0.25, 0.3) is 0 Å². The van der Waals surface area contributed by atoms with Crippen molar-refractivity contribution in [3.8, 4) is 0 Å². The van der Waals surface area contributed by atoms with E-state index in [-0.39, 0.29) is 42.0 Å². The molecule has 0 aromatic carbocycles. The second-order valence-corrected chi connectivity index (χ2v) is 5.70. The Kier molecular flexibility index (Phi) is 5.06. The molecule has 0 amide bonds. The number of ether oxygens (including phenoxy) is 2. The number of aliphatic hydroxyl groups excluding tert-OH is 2. The molecule has 2 rings (SSSR count). The minimum atomic E-state index is -0.704. The number of esters is 1. The Morgan fingerprint density at radius 1 is 1.26 bits per heavy atom. The molecule has 5 nitrogen and oxygen atoms in total. The number of alkyl halides is 1. The molecule has 0 bridgehead atoms. The first-order chi connectivity index (χ1) is 9.08. The predicted octanol–water partition coefficient (Wildman–Crippen LogP) is 0.899. The molecular weight excluding hydrogens is 272 g/mol. The molecule has 4 unspecified atom stereocenters. The smallest absolute Gasteiger partial charge is 0.310 e. The van der Waals surface area contributed by atoms with Crippen molar-refractivity contribution in [3.63, 3.8) is 0 Å². The average molecular weight is 293 g/mol. The molecule has 2 aliphatic carbocycles. The molecule has 0 saturated heterocycles. The molecule has 0 aromatic rings. The third kappa shape index (κ3) is 3.05. The second kappa shape index (κ2) is 6.39. The number of carbonyl (C=O) groups excluding carboxylic acids is 1. The molecule has 0 aromatic heterocycles. The van der Waals surface area contributed by atoms with Crippen LogP contribution < -0.4 is 0 Å². The van der Waals surface area contributed by atoms with Crippen molar-refractivity contribution < 1.29 is 24.5 Å². The van der Waals surface area contributed by atoms with Crippen LogP contribution in [-0.2, 0) is 14.3 Å². The largest absolute Gasteiger partial charge is 0.449 e. The SMILES string of the molecule is COC1C2C[C@@H](O)CCC2C(C(=O)OCCl)C[C@H]1O. The van der Waals surface area contributed by atoms with E-state index in [1.54, 1.807) is 7.11 Å². The summed E-state index contributed by atoms with van der Waals surface area (Å²) in [5.74, 6) is -0.620. The molecule has 2 saturated carbocycles. The van der Waals surface area contributed by atoms with Crippen LogP contribution in [0.1, 0.15) is 25.7 Å². The van der Waals surface area contributed by atoms with Crippen LogP contribution in [0.15, 0.2) is 0 Å². The zero-order valence-corrected chi connectivity index (χ0v) is 11.8. The Hall–Kier alpha value is -0.360. The van der Waals surface area contributed by atoms with Gasteiger partial charge < -0.3 is 19.7 Å². The van der Waals surface area contributed by atoms with Gasteiger partial charge in [-0.3, -0.25) is 4.79 Å². The molecular formula is C13H21ClO5. The molecule has 6 atom stereocenters. The lowest BCUT2D eigenvalue weighted by molar-refractivity contribution is -0.169. The highest BCUT2D eigenvalue weighted by atomic mass is 35.5. The second-order valence-electron chi connectivity index (χ2n) is 5.48. The van der Waals surface area contributed by atoms with Gasteiger partial charge in [0.05, 0.1) is 24.2 Å². The van der Waals surface area contributed by atoms with E-state index < -0.39 is 6.10 Å². The molecule has 2 aliphatic rings. The summed E-state index contributed by atoms with van der Waals surface area (Å²) in [6.45, 7) is 0. The van der Waals surface area contributed by atoms with Crippen molar-refractivity contribution in [3.05, 3.63) is 0 Å². The van der Waals surface area contributed by atoms with Gasteiger partial charge >= 0.3 is 5.97 Å². The average Bonchev–Trinajstić information content (AvgIpc) is 2.38. The van der Waals surface area contributed by atoms with Crippen molar-refractivity contribution in [2.24, 2.45) is 17.8 Å². The molecule has 0 spiro atoms. The number of hydrogen-bond donors (Lipinski definition) is 2. The summed E-state index contributed by atoms with van der Waals surface area (Å²) in [5, 5.41) is 19.9. The standard InChI is InChI=1S/C13H21ClO5/c1-18-12-9-4-7(15)2-3-8(9)10(5-11(12)16)13(17)19-6-14/h7-12,15-16H,2-6H2,1H3/t7-,8?,9?,10?,11+,12?/m0/s1. The van der Waals surface area contributed by atoms with Crippen molar-refractivity contribution in [2.75, 3.05) is 13.2 Å². The van der Waals surface area contributed by atoms with Gasteiger partial charge in [0.15, 0.2) is 6.07 Å². The summed E-state index contributed by atoms with van der Waals surface area (Å²) in [4.78, 5) is 12.0. The molecule has 0 heterocycles. The monoisotopic (exact) mass is 292 g/mol. The van der Waals surface area contributed by atoms with Gasteiger partial charge in [-0.25, -0.2) is 0 Å². The first kappa shape index (κ1) is 15.0. The molecule has 19 heavy (non-hydrogen) atoms. The van der Waals surface area contributed by atoms with Gasteiger partial charge in [0.2, 0.25) is 0 Å². The summed E-state index contributed by atoms with van der Waals surface area (Å²) in [6.07, 6.45) is 0.924. The van der Waals surface area contributed by atoms with Crippen molar-refractivity contribution in [1.82, 2.24) is 0 Å². The first-order valence-electron chi connectivity index (χ1n) is 6.70. The molecule has 110 valence electrons. The molecule has 2 N–H and O–H groups in total. The summed E-state index contributed by atoms with van der Waals surface area (Å²) < 4.78 is 10.3. The third-order valence-corrected chi connectivity index (χ3v) is 4.62. The summed E-state index contributed by atoms with van der Waals surface area (Å²) in [5.41, 5.74) is 0. The van der Waals surface area contributed by atoms with Crippen LogP contribution >= 0.6 is 11.6 Å². The number of halogens is 1. The van der Waals surface area contributed by atoms with Gasteiger partial charge in [-0.05, 0) is 37.5 Å². The normalized spacial score (nSPS) is 42.5. The summed E-state index contributed by atoms with van der Waals surface area (Å²) in [6, 6.07) is -0.168. The number of hydrogen-bond acceptors (Lipinski definition) is 5. The fraction of sp³-hybridized carbons (Fsp3) is 0.923. The third-order valence-electron chi connectivity index (χ3n) is 4.51. The van der Waals surface area contributed by atoms with E-state index in [2.05, 4.69) is 0 Å². The summed E-state index contributed by atoms with van der Waals surface area (Å²) >= 11 is 5.44. The van der Waals surface area contributed by atoms with Crippen molar-refractivity contribution >= 4 is 17.6 Å². The van der Waals surface area contributed by atoms with Crippen LogP contribution in [0.5, 0.6) is 0 Å². The van der Waals surface area contributed by atoms with E-state index in [4.69, 9.17) is 21.1 Å². The van der Waals surface area contributed by atoms with E-state index in [0.29, 0.717) is 19.3 Å². The molecule has 6 heteroatoms. The highest BCUT2D eigenvalue weighted by Crippen LogP contribution is 2.45. The van der Waals surface area contributed by atoms with Gasteiger partial charge in [-0.2, -0.15) is 0 Å². The summed E-state index contributed by atoms with van der Waals surface area (Å²) in [7, 11) is 1.56. The first-order valence-corrected chi connectivity index (χ1v) is 7.23. The maximum absolute atomic E-state index is 12.0. The van der Waals surface area contributed by atoms with E-state index in [1.165, 1.54) is 0 Å². The van der Waals surface area contributed by atoms with Crippen LogP contribution in [0.4, 0.5) is 0 Å². The van der Waals surface area contributed by atoms with Gasteiger partial charge in [-0.1, -0.05) is 11.6 Å². The highest BCUT2D eigenvalue weighted by molar-refractivity contribution is 6.17. The number of aliphatic hydroxyl groups is 2. The maximum Gasteiger partial charge on any atom is 0.310 e. The lowest BCUT2D eigenvalue weighted by Gasteiger charge is -2.47. The highest BCUT2D eigenvalue weighted by Gasteiger charge is 2.49. The molecule has 0 radical (unpaired) electrons. The van der Waals surface area contributed by atoms with E-state index in [1.807, 2.05) is 0 Å². The van der Waals surface area contributed by atoms with Crippen LogP contribution in [0.3, 0.4) is 0 Å². The van der Waals surface area contributed by atoms with Crippen LogP contribution in [0.2, 0.25) is 0 Å². The predicted molar refractivity (Wildman–Crippen MR) is 68.6 cm³/mol. The fourth-order valence-electron chi connectivity index (χ4n) is 3.70. The van der Waals surface area contributed by atoms with Crippen LogP contribution in [0.25, 0.3) is 0 Å². The molecule has 2 fully saturated rings. The Balaban J connectivity index is 2.17. The quantitative estimate of drug-likeness (QED) is 0.597.